The van der Waals surface area contributed by atoms with Crippen molar-refractivity contribution in [2.45, 2.75) is 57.0 Å². The number of methoxy groups -OCH3 is 1. The lowest BCUT2D eigenvalue weighted by Gasteiger charge is -2.29. The van der Waals surface area contributed by atoms with Crippen LogP contribution in [0.4, 0.5) is 0 Å². The van der Waals surface area contributed by atoms with Gasteiger partial charge in [-0.25, -0.2) is 0 Å². The Morgan fingerprint density at radius 3 is 1.80 bits per heavy atom. The van der Waals surface area contributed by atoms with E-state index in [9.17, 15) is 0 Å². The smallest absolute Gasteiger partial charge is 0.0818 e. The van der Waals surface area contributed by atoms with Gasteiger partial charge in [0, 0.05) is 7.11 Å². The first-order valence-corrected chi connectivity index (χ1v) is 9.60. The van der Waals surface area contributed by atoms with Crippen LogP contribution in [-0.4, -0.2) is 7.11 Å². The van der Waals surface area contributed by atoms with Crippen molar-refractivity contribution in [3.8, 4) is 0 Å². The van der Waals surface area contributed by atoms with Gasteiger partial charge in [0.25, 0.3) is 0 Å². The molecule has 0 saturated heterocycles. The van der Waals surface area contributed by atoms with Gasteiger partial charge in [-0.05, 0) is 66.2 Å². The van der Waals surface area contributed by atoms with Crippen molar-refractivity contribution < 1.29 is 4.74 Å². The van der Waals surface area contributed by atoms with Gasteiger partial charge < -0.3 is 4.74 Å². The van der Waals surface area contributed by atoms with Gasteiger partial charge in [-0.3, -0.25) is 0 Å². The van der Waals surface area contributed by atoms with Gasteiger partial charge in [0.05, 0.1) is 6.10 Å². The molecule has 2 aromatic rings. The molecule has 25 heavy (non-hydrogen) atoms. The quantitative estimate of drug-likeness (QED) is 0.560. The van der Waals surface area contributed by atoms with Crippen LogP contribution in [0.5, 0.6) is 0 Å². The summed E-state index contributed by atoms with van der Waals surface area (Å²) in [4.78, 5) is 0. The molecule has 0 amide bonds. The van der Waals surface area contributed by atoms with Crippen LogP contribution >= 0.6 is 0 Å². The molecule has 0 heterocycles. The van der Waals surface area contributed by atoms with Crippen LogP contribution < -0.4 is 0 Å². The van der Waals surface area contributed by atoms with E-state index in [1.807, 2.05) is 6.08 Å². The molecular weight excluding hydrogens is 304 g/mol. The van der Waals surface area contributed by atoms with Crippen molar-refractivity contribution in [1.29, 1.82) is 0 Å². The van der Waals surface area contributed by atoms with Crippen LogP contribution in [0.2, 0.25) is 0 Å². The Kier molecular flexibility index (Phi) is 6.09. The van der Waals surface area contributed by atoms with E-state index in [1.165, 1.54) is 47.9 Å². The highest BCUT2D eigenvalue weighted by Gasteiger charge is 2.23. The number of rotatable bonds is 6. The van der Waals surface area contributed by atoms with Gasteiger partial charge in [-0.15, -0.1) is 0 Å². The zero-order valence-corrected chi connectivity index (χ0v) is 15.6. The topological polar surface area (TPSA) is 9.23 Å². The predicted molar refractivity (Wildman–Crippen MR) is 107 cm³/mol. The Morgan fingerprint density at radius 1 is 0.920 bits per heavy atom. The summed E-state index contributed by atoms with van der Waals surface area (Å²) in [5, 5.41) is 0. The van der Waals surface area contributed by atoms with Gasteiger partial charge in [0.2, 0.25) is 0 Å². The fraction of sp³-hybridized carbons (Fsp3) is 0.417. The summed E-state index contributed by atoms with van der Waals surface area (Å²) in [6.07, 6.45) is 8.31. The van der Waals surface area contributed by atoms with E-state index in [4.69, 9.17) is 4.74 Å². The Hall–Kier alpha value is -1.86. The zero-order valence-electron chi connectivity index (χ0n) is 15.6. The zero-order chi connectivity index (χ0) is 17.6. The van der Waals surface area contributed by atoms with Gasteiger partial charge in [0.1, 0.15) is 0 Å². The molecule has 1 heteroatoms. The Morgan fingerprint density at radius 2 is 1.40 bits per heavy atom. The largest absolute Gasteiger partial charge is 0.377 e. The van der Waals surface area contributed by atoms with Crippen LogP contribution in [0.3, 0.4) is 0 Å². The minimum Gasteiger partial charge on any atom is -0.377 e. The van der Waals surface area contributed by atoms with Crippen molar-refractivity contribution in [1.82, 2.24) is 0 Å². The Balaban J connectivity index is 1.60. The van der Waals surface area contributed by atoms with Crippen molar-refractivity contribution >= 4 is 6.08 Å². The predicted octanol–water partition coefficient (Wildman–Crippen LogP) is 6.87. The number of benzene rings is 2. The SMILES string of the molecule is C=Cc1ccc([C@H]2CC[C@H](c3ccc(C(CC)OC)cc3)CC2)cc1. The van der Waals surface area contributed by atoms with Crippen molar-refractivity contribution in [2.24, 2.45) is 0 Å². The minimum atomic E-state index is 0.225. The van der Waals surface area contributed by atoms with Gasteiger partial charge in [-0.1, -0.05) is 68.1 Å². The monoisotopic (exact) mass is 334 g/mol. The van der Waals surface area contributed by atoms with E-state index in [0.717, 1.165) is 6.42 Å². The van der Waals surface area contributed by atoms with Gasteiger partial charge in [-0.2, -0.15) is 0 Å². The first-order valence-electron chi connectivity index (χ1n) is 9.60. The Bertz CT molecular complexity index is 656. The van der Waals surface area contributed by atoms with Gasteiger partial charge in [0.15, 0.2) is 0 Å². The number of hydrogen-bond acceptors (Lipinski definition) is 1. The summed E-state index contributed by atoms with van der Waals surface area (Å²) in [6, 6.07) is 18.1. The fourth-order valence-corrected chi connectivity index (χ4v) is 4.19. The van der Waals surface area contributed by atoms with Crippen LogP contribution in [-0.2, 0) is 4.74 Å². The molecule has 0 N–H and O–H groups in total. The molecule has 2 aromatic carbocycles. The van der Waals surface area contributed by atoms with Crippen molar-refractivity contribution in [2.75, 3.05) is 7.11 Å². The summed E-state index contributed by atoms with van der Waals surface area (Å²) in [5.74, 6) is 1.42. The molecule has 1 nitrogen and oxygen atoms in total. The minimum absolute atomic E-state index is 0.225. The summed E-state index contributed by atoms with van der Waals surface area (Å²) in [5.41, 5.74) is 5.49. The molecule has 1 atom stereocenters. The number of ether oxygens (including phenoxy) is 1. The molecule has 0 radical (unpaired) electrons. The second kappa shape index (κ2) is 8.49. The summed E-state index contributed by atoms with van der Waals surface area (Å²) >= 11 is 0. The maximum Gasteiger partial charge on any atom is 0.0818 e. The third kappa shape index (κ3) is 4.22. The molecule has 3 rings (SSSR count). The highest BCUT2D eigenvalue weighted by molar-refractivity contribution is 5.47. The van der Waals surface area contributed by atoms with E-state index in [2.05, 4.69) is 62.0 Å². The van der Waals surface area contributed by atoms with Crippen LogP contribution in [0.15, 0.2) is 55.1 Å². The second-order valence-corrected chi connectivity index (χ2v) is 7.22. The summed E-state index contributed by atoms with van der Waals surface area (Å²) in [7, 11) is 1.80. The second-order valence-electron chi connectivity index (χ2n) is 7.22. The highest BCUT2D eigenvalue weighted by atomic mass is 16.5. The molecule has 1 saturated carbocycles. The van der Waals surface area contributed by atoms with Crippen LogP contribution in [0.1, 0.15) is 79.2 Å². The molecule has 1 fully saturated rings. The van der Waals surface area contributed by atoms with E-state index in [-0.39, 0.29) is 6.10 Å². The first kappa shape index (κ1) is 17.9. The third-order valence-electron chi connectivity index (χ3n) is 5.81. The van der Waals surface area contributed by atoms with Gasteiger partial charge >= 0.3 is 0 Å². The lowest BCUT2D eigenvalue weighted by atomic mass is 9.76. The number of hydrogen-bond donors (Lipinski definition) is 0. The molecule has 132 valence electrons. The maximum absolute atomic E-state index is 5.54. The molecular formula is C24H30O. The maximum atomic E-state index is 5.54. The lowest BCUT2D eigenvalue weighted by Crippen LogP contribution is -2.12. The average Bonchev–Trinajstić information content (AvgIpc) is 2.70. The van der Waals surface area contributed by atoms with E-state index in [1.54, 1.807) is 7.11 Å². The molecule has 0 spiro atoms. The standard InChI is InChI=1S/C24H30O/c1-4-18-6-8-19(9-7-18)20-10-12-21(13-11-20)22-14-16-23(17-15-22)24(5-2)25-3/h4,6-9,14-17,20-21,24H,1,5,10-13H2,2-3H3/t20-,21-,24?. The van der Waals surface area contributed by atoms with Crippen LogP contribution in [0.25, 0.3) is 6.08 Å². The van der Waals surface area contributed by atoms with Crippen molar-refractivity contribution in [3.05, 3.63) is 77.4 Å². The molecule has 0 aromatic heterocycles. The van der Waals surface area contributed by atoms with Crippen LogP contribution in [0, 0.1) is 0 Å². The Labute approximate surface area is 152 Å². The normalized spacial score (nSPS) is 21.7. The first-order chi connectivity index (χ1) is 12.2. The average molecular weight is 335 g/mol. The third-order valence-corrected chi connectivity index (χ3v) is 5.81. The molecule has 0 bridgehead atoms. The molecule has 1 aliphatic carbocycles. The lowest BCUT2D eigenvalue weighted by molar-refractivity contribution is 0.100. The van der Waals surface area contributed by atoms with E-state index in [0.29, 0.717) is 11.8 Å². The van der Waals surface area contributed by atoms with E-state index < -0.39 is 0 Å². The highest BCUT2D eigenvalue weighted by Crippen LogP contribution is 2.40. The molecule has 1 aliphatic rings. The van der Waals surface area contributed by atoms with E-state index >= 15 is 0 Å². The summed E-state index contributed by atoms with van der Waals surface area (Å²) < 4.78 is 5.54. The molecule has 0 aliphatic heterocycles. The summed E-state index contributed by atoms with van der Waals surface area (Å²) in [6.45, 7) is 6.01. The van der Waals surface area contributed by atoms with Crippen molar-refractivity contribution in [3.63, 3.8) is 0 Å². The molecule has 1 unspecified atom stereocenters. The fourth-order valence-electron chi connectivity index (χ4n) is 4.19.